The zero-order chi connectivity index (χ0) is 14.7. The first-order valence-corrected chi connectivity index (χ1v) is 6.64. The summed E-state index contributed by atoms with van der Waals surface area (Å²) in [5, 5.41) is 0. The fourth-order valence-electron chi connectivity index (χ4n) is 1.71. The normalized spacial score (nSPS) is 10.6. The molecule has 0 aromatic rings. The second-order valence-corrected chi connectivity index (χ2v) is 4.16. The average Bonchev–Trinajstić information content (AvgIpc) is 2.42. The number of carbonyl (C=O) groups is 2. The lowest BCUT2D eigenvalue weighted by Crippen LogP contribution is -2.42. The number of carbonyl (C=O) groups excluding carboxylic acids is 2. The molecule has 0 spiro atoms. The van der Waals surface area contributed by atoms with Crippen LogP contribution < -0.4 is 0 Å². The van der Waals surface area contributed by atoms with Crippen molar-refractivity contribution in [3.8, 4) is 0 Å². The highest BCUT2D eigenvalue weighted by atomic mass is 16.5. The van der Waals surface area contributed by atoms with Crippen molar-refractivity contribution in [2.45, 2.75) is 20.3 Å². The lowest BCUT2D eigenvalue weighted by Gasteiger charge is -2.25. The highest BCUT2D eigenvalue weighted by Crippen LogP contribution is 1.98. The number of esters is 1. The van der Waals surface area contributed by atoms with Crippen LogP contribution in [-0.2, 0) is 19.1 Å². The molecular weight excluding hydrogens is 248 g/mol. The third kappa shape index (κ3) is 7.79. The zero-order valence-electron chi connectivity index (χ0n) is 12.5. The van der Waals surface area contributed by atoms with Crippen LogP contribution in [0.15, 0.2) is 0 Å². The molecule has 0 aliphatic carbocycles. The molecule has 0 bridgehead atoms. The van der Waals surface area contributed by atoms with E-state index >= 15 is 0 Å². The monoisotopic (exact) mass is 274 g/mol. The maximum Gasteiger partial charge on any atom is 0.306 e. The lowest BCUT2D eigenvalue weighted by molar-refractivity contribution is -0.141. The Morgan fingerprint density at radius 3 is 2.16 bits per heavy atom. The van der Waals surface area contributed by atoms with Crippen molar-refractivity contribution >= 4 is 11.9 Å². The molecule has 0 aromatic carbocycles. The van der Waals surface area contributed by atoms with Gasteiger partial charge in [-0.1, -0.05) is 0 Å². The minimum absolute atomic E-state index is 0.0750. The average molecular weight is 274 g/mol. The van der Waals surface area contributed by atoms with Crippen LogP contribution in [0.1, 0.15) is 20.3 Å². The minimum atomic E-state index is -0.266. The molecule has 0 atom stereocenters. The molecule has 19 heavy (non-hydrogen) atoms. The van der Waals surface area contributed by atoms with Gasteiger partial charge < -0.3 is 14.4 Å². The van der Waals surface area contributed by atoms with Crippen LogP contribution in [0.25, 0.3) is 0 Å². The second-order valence-electron chi connectivity index (χ2n) is 4.16. The Balaban J connectivity index is 4.32. The highest BCUT2D eigenvalue weighted by Gasteiger charge is 2.16. The topological polar surface area (TPSA) is 59.1 Å². The molecule has 0 aliphatic rings. The predicted octanol–water partition coefficient (Wildman–Crippen LogP) is 0.366. The smallest absolute Gasteiger partial charge is 0.306 e. The van der Waals surface area contributed by atoms with Gasteiger partial charge in [0, 0.05) is 33.3 Å². The summed E-state index contributed by atoms with van der Waals surface area (Å²) in [7, 11) is 2.98. The number of likely N-dealkylation sites (N-methyl/N-ethyl adjacent to an activating group) is 1. The maximum absolute atomic E-state index is 12.0. The van der Waals surface area contributed by atoms with E-state index in [1.54, 1.807) is 12.0 Å². The quantitative estimate of drug-likeness (QED) is 0.539. The van der Waals surface area contributed by atoms with Crippen molar-refractivity contribution in [2.75, 3.05) is 53.6 Å². The molecule has 6 heteroatoms. The molecule has 0 radical (unpaired) electrons. The Hall–Kier alpha value is -1.14. The predicted molar refractivity (Wildman–Crippen MR) is 72.9 cm³/mol. The largest absolute Gasteiger partial charge is 0.469 e. The van der Waals surface area contributed by atoms with E-state index < -0.39 is 0 Å². The molecule has 112 valence electrons. The Morgan fingerprint density at radius 1 is 1.05 bits per heavy atom. The fraction of sp³-hybridized carbons (Fsp3) is 0.846. The summed E-state index contributed by atoms with van der Waals surface area (Å²) in [6.07, 6.45) is 0.283. The van der Waals surface area contributed by atoms with Gasteiger partial charge in [-0.2, -0.15) is 0 Å². The SMILES string of the molecule is CCN(CC)C(=O)CN(CCOC)CCC(=O)OC. The van der Waals surface area contributed by atoms with E-state index in [4.69, 9.17) is 4.74 Å². The number of hydrogen-bond acceptors (Lipinski definition) is 5. The molecule has 0 aliphatic heterocycles. The first kappa shape index (κ1) is 17.9. The van der Waals surface area contributed by atoms with Gasteiger partial charge in [-0.15, -0.1) is 0 Å². The number of nitrogens with zero attached hydrogens (tertiary/aromatic N) is 2. The van der Waals surface area contributed by atoms with Crippen LogP contribution in [0.3, 0.4) is 0 Å². The van der Waals surface area contributed by atoms with E-state index in [-0.39, 0.29) is 18.3 Å². The van der Waals surface area contributed by atoms with Gasteiger partial charge in [-0.25, -0.2) is 0 Å². The summed E-state index contributed by atoms with van der Waals surface area (Å²) >= 11 is 0. The first-order chi connectivity index (χ1) is 9.08. The molecular formula is C13H26N2O4. The molecule has 0 rings (SSSR count). The van der Waals surface area contributed by atoms with E-state index in [1.807, 2.05) is 18.7 Å². The van der Waals surface area contributed by atoms with E-state index in [0.29, 0.717) is 39.3 Å². The van der Waals surface area contributed by atoms with Gasteiger partial charge in [0.05, 0.1) is 26.7 Å². The fourth-order valence-corrected chi connectivity index (χ4v) is 1.71. The van der Waals surface area contributed by atoms with Crippen molar-refractivity contribution in [1.29, 1.82) is 0 Å². The lowest BCUT2D eigenvalue weighted by atomic mass is 10.3. The van der Waals surface area contributed by atoms with Crippen molar-refractivity contribution in [3.05, 3.63) is 0 Å². The molecule has 0 fully saturated rings. The van der Waals surface area contributed by atoms with Crippen molar-refractivity contribution in [1.82, 2.24) is 9.80 Å². The van der Waals surface area contributed by atoms with E-state index in [9.17, 15) is 9.59 Å². The minimum Gasteiger partial charge on any atom is -0.469 e. The van der Waals surface area contributed by atoms with Crippen molar-refractivity contribution in [3.63, 3.8) is 0 Å². The van der Waals surface area contributed by atoms with Crippen LogP contribution in [0.5, 0.6) is 0 Å². The van der Waals surface area contributed by atoms with Crippen LogP contribution in [0.4, 0.5) is 0 Å². The van der Waals surface area contributed by atoms with Crippen LogP contribution >= 0.6 is 0 Å². The molecule has 6 nitrogen and oxygen atoms in total. The summed E-state index contributed by atoms with van der Waals surface area (Å²) in [5.41, 5.74) is 0. The van der Waals surface area contributed by atoms with Gasteiger partial charge in [-0.05, 0) is 13.8 Å². The molecule has 0 saturated carbocycles. The maximum atomic E-state index is 12.0. The van der Waals surface area contributed by atoms with Gasteiger partial charge in [0.15, 0.2) is 0 Å². The van der Waals surface area contributed by atoms with Gasteiger partial charge in [0.25, 0.3) is 0 Å². The molecule has 0 heterocycles. The standard InChI is InChI=1S/C13H26N2O4/c1-5-15(6-2)12(16)11-14(9-10-18-3)8-7-13(17)19-4/h5-11H2,1-4H3. The molecule has 1 amide bonds. The number of ether oxygens (including phenoxy) is 2. The molecule has 0 aromatic heterocycles. The number of hydrogen-bond donors (Lipinski definition) is 0. The third-order valence-corrected chi connectivity index (χ3v) is 2.95. The summed E-state index contributed by atoms with van der Waals surface area (Å²) in [6.45, 7) is 7.28. The van der Waals surface area contributed by atoms with E-state index in [0.717, 1.165) is 0 Å². The number of amides is 1. The van der Waals surface area contributed by atoms with Crippen LogP contribution in [0, 0.1) is 0 Å². The Kier molecular flexibility index (Phi) is 10.1. The number of methoxy groups -OCH3 is 2. The van der Waals surface area contributed by atoms with Gasteiger partial charge >= 0.3 is 5.97 Å². The molecule has 0 N–H and O–H groups in total. The summed E-state index contributed by atoms with van der Waals surface area (Å²) in [5.74, 6) is -0.191. The second kappa shape index (κ2) is 10.8. The first-order valence-electron chi connectivity index (χ1n) is 6.64. The van der Waals surface area contributed by atoms with E-state index in [2.05, 4.69) is 4.74 Å². The van der Waals surface area contributed by atoms with Gasteiger partial charge in [-0.3, -0.25) is 14.5 Å². The summed E-state index contributed by atoms with van der Waals surface area (Å²) in [4.78, 5) is 26.9. The van der Waals surface area contributed by atoms with Crippen molar-refractivity contribution in [2.24, 2.45) is 0 Å². The summed E-state index contributed by atoms with van der Waals surface area (Å²) < 4.78 is 9.63. The van der Waals surface area contributed by atoms with Gasteiger partial charge in [0.1, 0.15) is 0 Å². The Morgan fingerprint density at radius 2 is 1.68 bits per heavy atom. The third-order valence-electron chi connectivity index (χ3n) is 2.95. The highest BCUT2D eigenvalue weighted by molar-refractivity contribution is 5.78. The molecule has 0 unspecified atom stereocenters. The Labute approximate surface area is 115 Å². The summed E-state index contributed by atoms with van der Waals surface area (Å²) in [6, 6.07) is 0. The van der Waals surface area contributed by atoms with Crippen molar-refractivity contribution < 1.29 is 19.1 Å². The molecule has 0 saturated heterocycles. The van der Waals surface area contributed by atoms with Crippen LogP contribution in [0.2, 0.25) is 0 Å². The Bertz CT molecular complexity index is 267. The van der Waals surface area contributed by atoms with E-state index in [1.165, 1.54) is 7.11 Å². The number of rotatable bonds is 10. The zero-order valence-corrected chi connectivity index (χ0v) is 12.5. The van der Waals surface area contributed by atoms with Gasteiger partial charge in [0.2, 0.25) is 5.91 Å². The van der Waals surface area contributed by atoms with Crippen LogP contribution in [-0.4, -0.2) is 75.2 Å².